The first kappa shape index (κ1) is 12.1. The Bertz CT molecular complexity index is 527. The van der Waals surface area contributed by atoms with E-state index in [4.69, 9.17) is 5.26 Å². The van der Waals surface area contributed by atoms with E-state index < -0.39 is 0 Å². The number of nitrogens with one attached hydrogen (secondary N) is 1. The maximum atomic E-state index is 8.84. The Balaban J connectivity index is 2.03. The van der Waals surface area contributed by atoms with Gasteiger partial charge in [-0.1, -0.05) is 6.92 Å². The number of anilines is 1. The van der Waals surface area contributed by atoms with Crippen LogP contribution in [0.2, 0.25) is 0 Å². The molecule has 5 heteroatoms. The Labute approximate surface area is 106 Å². The van der Waals surface area contributed by atoms with Crippen molar-refractivity contribution in [2.24, 2.45) is 0 Å². The minimum absolute atomic E-state index is 0.264. The van der Waals surface area contributed by atoms with E-state index in [1.165, 1.54) is 0 Å². The number of rotatable bonds is 5. The molecule has 2 rings (SSSR count). The zero-order valence-corrected chi connectivity index (χ0v) is 10.2. The van der Waals surface area contributed by atoms with Gasteiger partial charge in [0.1, 0.15) is 5.82 Å². The molecule has 0 bridgehead atoms. The van der Waals surface area contributed by atoms with Crippen molar-refractivity contribution >= 4 is 5.82 Å². The molecule has 0 radical (unpaired) electrons. The molecular formula is C13H15N5. The molecule has 0 aliphatic rings. The summed E-state index contributed by atoms with van der Waals surface area (Å²) in [5.41, 5.74) is 0.616. The van der Waals surface area contributed by atoms with Crippen LogP contribution in [0.15, 0.2) is 37.1 Å². The van der Waals surface area contributed by atoms with E-state index in [0.29, 0.717) is 5.56 Å². The third-order valence-corrected chi connectivity index (χ3v) is 2.72. The SMILES string of the molecule is CC[C@H](Cn1ccnc1)Nc1cc(C#N)ccn1. The Hall–Kier alpha value is -2.35. The molecule has 1 N–H and O–H groups in total. The minimum Gasteiger partial charge on any atom is -0.366 e. The van der Waals surface area contributed by atoms with Crippen LogP contribution in [0.4, 0.5) is 5.82 Å². The molecule has 0 aliphatic heterocycles. The summed E-state index contributed by atoms with van der Waals surface area (Å²) in [6, 6.07) is 5.83. The molecule has 0 saturated carbocycles. The van der Waals surface area contributed by atoms with Crippen molar-refractivity contribution in [2.45, 2.75) is 25.9 Å². The van der Waals surface area contributed by atoms with E-state index in [9.17, 15) is 0 Å². The number of pyridine rings is 1. The highest BCUT2D eigenvalue weighted by Gasteiger charge is 2.07. The van der Waals surface area contributed by atoms with Gasteiger partial charge in [-0.15, -0.1) is 0 Å². The van der Waals surface area contributed by atoms with E-state index in [0.717, 1.165) is 18.8 Å². The van der Waals surface area contributed by atoms with Crippen LogP contribution >= 0.6 is 0 Å². The van der Waals surface area contributed by atoms with Crippen LogP contribution in [0.3, 0.4) is 0 Å². The summed E-state index contributed by atoms with van der Waals surface area (Å²) in [5, 5.41) is 12.2. The molecule has 0 aromatic carbocycles. The van der Waals surface area contributed by atoms with Crippen LogP contribution in [0.25, 0.3) is 0 Å². The lowest BCUT2D eigenvalue weighted by Crippen LogP contribution is -2.24. The van der Waals surface area contributed by atoms with E-state index in [1.807, 2.05) is 10.8 Å². The maximum absolute atomic E-state index is 8.84. The largest absolute Gasteiger partial charge is 0.366 e. The number of hydrogen-bond acceptors (Lipinski definition) is 4. The summed E-state index contributed by atoms with van der Waals surface area (Å²) in [6.45, 7) is 2.94. The lowest BCUT2D eigenvalue weighted by molar-refractivity contribution is 0.567. The van der Waals surface area contributed by atoms with Gasteiger partial charge in [0.05, 0.1) is 18.0 Å². The molecule has 18 heavy (non-hydrogen) atoms. The lowest BCUT2D eigenvalue weighted by atomic mass is 10.2. The van der Waals surface area contributed by atoms with E-state index in [2.05, 4.69) is 28.3 Å². The van der Waals surface area contributed by atoms with Crippen molar-refractivity contribution in [1.82, 2.24) is 14.5 Å². The summed E-state index contributed by atoms with van der Waals surface area (Å²) in [4.78, 5) is 8.24. The van der Waals surface area contributed by atoms with Gasteiger partial charge in [0, 0.05) is 31.2 Å². The maximum Gasteiger partial charge on any atom is 0.127 e. The molecule has 2 heterocycles. The average molecular weight is 241 g/mol. The van der Waals surface area contributed by atoms with Gasteiger partial charge in [0.15, 0.2) is 0 Å². The monoisotopic (exact) mass is 241 g/mol. The van der Waals surface area contributed by atoms with Crippen molar-refractivity contribution in [2.75, 3.05) is 5.32 Å². The molecular weight excluding hydrogens is 226 g/mol. The Kier molecular flexibility index (Phi) is 3.92. The smallest absolute Gasteiger partial charge is 0.127 e. The van der Waals surface area contributed by atoms with Crippen LogP contribution in [-0.4, -0.2) is 20.6 Å². The normalized spacial score (nSPS) is 11.8. The topological polar surface area (TPSA) is 66.5 Å². The molecule has 2 aromatic rings. The summed E-state index contributed by atoms with van der Waals surface area (Å²) in [5.74, 6) is 0.737. The Morgan fingerprint density at radius 3 is 3.06 bits per heavy atom. The molecule has 0 unspecified atom stereocenters. The first-order valence-electron chi connectivity index (χ1n) is 5.90. The number of nitriles is 1. The second-order valence-corrected chi connectivity index (χ2v) is 4.05. The molecule has 1 atom stereocenters. The van der Waals surface area contributed by atoms with Crippen LogP contribution in [0.1, 0.15) is 18.9 Å². The predicted molar refractivity (Wildman–Crippen MR) is 68.9 cm³/mol. The fourth-order valence-corrected chi connectivity index (χ4v) is 1.71. The quantitative estimate of drug-likeness (QED) is 0.869. The first-order chi connectivity index (χ1) is 8.81. The van der Waals surface area contributed by atoms with E-state index >= 15 is 0 Å². The van der Waals surface area contributed by atoms with Crippen molar-refractivity contribution in [1.29, 1.82) is 5.26 Å². The number of imidazole rings is 1. The van der Waals surface area contributed by atoms with Gasteiger partial charge in [0.2, 0.25) is 0 Å². The molecule has 0 saturated heterocycles. The average Bonchev–Trinajstić information content (AvgIpc) is 2.91. The summed E-state index contributed by atoms with van der Waals surface area (Å²) in [6.07, 6.45) is 8.11. The van der Waals surface area contributed by atoms with Gasteiger partial charge in [-0.2, -0.15) is 5.26 Å². The first-order valence-corrected chi connectivity index (χ1v) is 5.90. The Morgan fingerprint density at radius 1 is 1.50 bits per heavy atom. The van der Waals surface area contributed by atoms with Gasteiger partial charge >= 0.3 is 0 Å². The van der Waals surface area contributed by atoms with Gasteiger partial charge in [0.25, 0.3) is 0 Å². The zero-order valence-electron chi connectivity index (χ0n) is 10.2. The number of hydrogen-bond donors (Lipinski definition) is 1. The molecule has 2 aromatic heterocycles. The van der Waals surface area contributed by atoms with Crippen molar-refractivity contribution in [3.8, 4) is 6.07 Å². The van der Waals surface area contributed by atoms with Crippen LogP contribution in [0, 0.1) is 11.3 Å². The highest BCUT2D eigenvalue weighted by molar-refractivity contribution is 5.42. The summed E-state index contributed by atoms with van der Waals surface area (Å²) < 4.78 is 2.02. The van der Waals surface area contributed by atoms with Crippen molar-refractivity contribution in [3.05, 3.63) is 42.6 Å². The van der Waals surface area contributed by atoms with Gasteiger partial charge in [-0.3, -0.25) is 0 Å². The molecule has 0 fully saturated rings. The van der Waals surface area contributed by atoms with Crippen LogP contribution in [0.5, 0.6) is 0 Å². The highest BCUT2D eigenvalue weighted by atomic mass is 15.1. The molecule has 92 valence electrons. The highest BCUT2D eigenvalue weighted by Crippen LogP contribution is 2.10. The fourth-order valence-electron chi connectivity index (χ4n) is 1.71. The van der Waals surface area contributed by atoms with E-state index in [-0.39, 0.29) is 6.04 Å². The van der Waals surface area contributed by atoms with Crippen molar-refractivity contribution in [3.63, 3.8) is 0 Å². The van der Waals surface area contributed by atoms with Crippen LogP contribution < -0.4 is 5.32 Å². The Morgan fingerprint density at radius 2 is 2.39 bits per heavy atom. The second-order valence-electron chi connectivity index (χ2n) is 4.05. The van der Waals surface area contributed by atoms with E-state index in [1.54, 1.807) is 30.9 Å². The van der Waals surface area contributed by atoms with Gasteiger partial charge in [-0.05, 0) is 18.6 Å². The predicted octanol–water partition coefficient (Wildman–Crippen LogP) is 2.04. The van der Waals surface area contributed by atoms with Crippen LogP contribution in [-0.2, 0) is 6.54 Å². The molecule has 5 nitrogen and oxygen atoms in total. The number of nitrogens with zero attached hydrogens (tertiary/aromatic N) is 4. The second kappa shape index (κ2) is 5.82. The minimum atomic E-state index is 0.264. The van der Waals surface area contributed by atoms with Crippen molar-refractivity contribution < 1.29 is 0 Å². The molecule has 0 spiro atoms. The van der Waals surface area contributed by atoms with Gasteiger partial charge < -0.3 is 9.88 Å². The molecule has 0 amide bonds. The fraction of sp³-hybridized carbons (Fsp3) is 0.308. The van der Waals surface area contributed by atoms with Gasteiger partial charge in [-0.25, -0.2) is 9.97 Å². The standard InChI is InChI=1S/C13H15N5/c1-2-12(9-18-6-5-15-10-18)17-13-7-11(8-14)3-4-16-13/h3-7,10,12H,2,9H2,1H3,(H,16,17)/t12-/m1/s1. The third kappa shape index (κ3) is 3.08. The third-order valence-electron chi connectivity index (χ3n) is 2.72. The molecule has 0 aliphatic carbocycles. The zero-order chi connectivity index (χ0) is 12.8. The summed E-state index contributed by atoms with van der Waals surface area (Å²) >= 11 is 0. The lowest BCUT2D eigenvalue weighted by Gasteiger charge is -2.18. The summed E-state index contributed by atoms with van der Waals surface area (Å²) in [7, 11) is 0. The number of aromatic nitrogens is 3.